The summed E-state index contributed by atoms with van der Waals surface area (Å²) < 4.78 is 14.0. The largest absolute Gasteiger partial charge is 0.334 e. The first kappa shape index (κ1) is 15.0. The number of amides is 1. The van der Waals surface area contributed by atoms with E-state index in [9.17, 15) is 9.18 Å². The van der Waals surface area contributed by atoms with Crippen LogP contribution in [0.15, 0.2) is 22.7 Å². The van der Waals surface area contributed by atoms with E-state index in [0.717, 1.165) is 32.4 Å². The van der Waals surface area contributed by atoms with E-state index in [1.165, 1.54) is 18.9 Å². The number of benzene rings is 1. The Kier molecular flexibility index (Phi) is 4.60. The van der Waals surface area contributed by atoms with Crippen LogP contribution in [0.25, 0.3) is 0 Å². The number of hydrogen-bond acceptors (Lipinski definition) is 2. The second kappa shape index (κ2) is 6.44. The van der Waals surface area contributed by atoms with Crippen LogP contribution in [-0.2, 0) is 0 Å². The number of rotatable bonds is 4. The molecule has 21 heavy (non-hydrogen) atoms. The van der Waals surface area contributed by atoms with E-state index in [1.54, 1.807) is 12.1 Å². The van der Waals surface area contributed by atoms with Gasteiger partial charge in [-0.3, -0.25) is 4.79 Å². The van der Waals surface area contributed by atoms with Gasteiger partial charge >= 0.3 is 0 Å². The van der Waals surface area contributed by atoms with Crippen LogP contribution >= 0.6 is 15.9 Å². The maximum atomic E-state index is 13.6. The highest BCUT2D eigenvalue weighted by Gasteiger charge is 2.34. The van der Waals surface area contributed by atoms with Crippen LogP contribution in [0, 0.1) is 5.82 Å². The van der Waals surface area contributed by atoms with Gasteiger partial charge in [0.1, 0.15) is 5.82 Å². The Morgan fingerprint density at radius 3 is 2.76 bits per heavy atom. The van der Waals surface area contributed by atoms with Gasteiger partial charge in [0.2, 0.25) is 0 Å². The predicted octanol–water partition coefficient (Wildman–Crippen LogP) is 3.33. The SMILES string of the molecule is O=C(c1ccc(Br)c(F)c1)N(CC1CCCCN1)C1CC1. The zero-order chi connectivity index (χ0) is 14.8. The van der Waals surface area contributed by atoms with Crippen molar-refractivity contribution in [2.75, 3.05) is 13.1 Å². The molecule has 3 rings (SSSR count). The molecule has 1 saturated carbocycles. The molecule has 114 valence electrons. The van der Waals surface area contributed by atoms with Crippen molar-refractivity contribution in [2.45, 2.75) is 44.2 Å². The van der Waals surface area contributed by atoms with E-state index in [1.807, 2.05) is 4.90 Å². The average molecular weight is 355 g/mol. The molecule has 1 aliphatic carbocycles. The summed E-state index contributed by atoms with van der Waals surface area (Å²) in [5.41, 5.74) is 0.443. The lowest BCUT2D eigenvalue weighted by atomic mass is 10.0. The van der Waals surface area contributed by atoms with Crippen molar-refractivity contribution in [1.82, 2.24) is 10.2 Å². The Balaban J connectivity index is 1.73. The molecule has 0 aromatic heterocycles. The van der Waals surface area contributed by atoms with E-state index < -0.39 is 0 Å². The lowest BCUT2D eigenvalue weighted by molar-refractivity contribution is 0.0717. The predicted molar refractivity (Wildman–Crippen MR) is 83.8 cm³/mol. The van der Waals surface area contributed by atoms with Crippen molar-refractivity contribution in [2.24, 2.45) is 0 Å². The third kappa shape index (κ3) is 3.64. The maximum absolute atomic E-state index is 13.6. The zero-order valence-corrected chi connectivity index (χ0v) is 13.5. The smallest absolute Gasteiger partial charge is 0.254 e. The zero-order valence-electron chi connectivity index (χ0n) is 11.9. The summed E-state index contributed by atoms with van der Waals surface area (Å²) in [5, 5.41) is 3.48. The van der Waals surface area contributed by atoms with E-state index >= 15 is 0 Å². The molecule has 1 aromatic rings. The van der Waals surface area contributed by atoms with E-state index in [0.29, 0.717) is 22.1 Å². The maximum Gasteiger partial charge on any atom is 0.254 e. The number of nitrogens with zero attached hydrogens (tertiary/aromatic N) is 1. The van der Waals surface area contributed by atoms with Crippen molar-refractivity contribution in [3.63, 3.8) is 0 Å². The van der Waals surface area contributed by atoms with Crippen LogP contribution in [-0.4, -0.2) is 36.0 Å². The Morgan fingerprint density at radius 2 is 2.14 bits per heavy atom. The minimum atomic E-state index is -0.382. The molecular weight excluding hydrogens is 335 g/mol. The van der Waals surface area contributed by atoms with Gasteiger partial charge in [-0.15, -0.1) is 0 Å². The average Bonchev–Trinajstić information content (AvgIpc) is 3.33. The van der Waals surface area contributed by atoms with Crippen LogP contribution in [0.4, 0.5) is 4.39 Å². The van der Waals surface area contributed by atoms with Gasteiger partial charge in [-0.1, -0.05) is 6.42 Å². The number of halogens is 2. The van der Waals surface area contributed by atoms with E-state index in [4.69, 9.17) is 0 Å². The Labute approximate surface area is 133 Å². The number of carbonyl (C=O) groups excluding carboxylic acids is 1. The standard InChI is InChI=1S/C16H20BrFN2O/c17-14-7-4-11(9-15(14)18)16(21)20(13-5-6-13)10-12-3-1-2-8-19-12/h4,7,9,12-13,19H,1-3,5-6,8,10H2. The molecule has 1 unspecified atom stereocenters. The Morgan fingerprint density at radius 1 is 1.33 bits per heavy atom. The van der Waals surface area contributed by atoms with Gasteiger partial charge < -0.3 is 10.2 Å². The fourth-order valence-corrected chi connectivity index (χ4v) is 3.14. The molecule has 2 fully saturated rings. The third-order valence-corrected chi connectivity index (χ3v) is 4.89. The van der Waals surface area contributed by atoms with Crippen LogP contribution in [0.2, 0.25) is 0 Å². The fraction of sp³-hybridized carbons (Fsp3) is 0.562. The molecule has 1 N–H and O–H groups in total. The molecule has 1 heterocycles. The fourth-order valence-electron chi connectivity index (χ4n) is 2.90. The first-order valence-corrected chi connectivity index (χ1v) is 8.44. The van der Waals surface area contributed by atoms with Gasteiger partial charge in [0.15, 0.2) is 0 Å². The molecule has 3 nitrogen and oxygen atoms in total. The lowest BCUT2D eigenvalue weighted by Gasteiger charge is -2.31. The summed E-state index contributed by atoms with van der Waals surface area (Å²) in [7, 11) is 0. The van der Waals surface area contributed by atoms with Crippen molar-refractivity contribution >= 4 is 21.8 Å². The van der Waals surface area contributed by atoms with Crippen LogP contribution in [0.5, 0.6) is 0 Å². The topological polar surface area (TPSA) is 32.3 Å². The van der Waals surface area contributed by atoms with E-state index in [2.05, 4.69) is 21.2 Å². The molecular formula is C16H20BrFN2O. The first-order valence-electron chi connectivity index (χ1n) is 7.64. The normalized spacial score (nSPS) is 22.1. The summed E-state index contributed by atoms with van der Waals surface area (Å²) >= 11 is 3.13. The molecule has 1 aliphatic heterocycles. The molecule has 1 saturated heterocycles. The molecule has 2 aliphatic rings. The number of nitrogens with one attached hydrogen (secondary N) is 1. The Hall–Kier alpha value is -0.940. The molecule has 1 atom stereocenters. The molecule has 0 spiro atoms. The van der Waals surface area contributed by atoms with Gasteiger partial charge in [-0.2, -0.15) is 0 Å². The van der Waals surface area contributed by atoms with Gasteiger partial charge in [-0.05, 0) is 66.4 Å². The number of hydrogen-bond donors (Lipinski definition) is 1. The number of piperidine rings is 1. The summed E-state index contributed by atoms with van der Waals surface area (Å²) in [5.74, 6) is -0.427. The minimum Gasteiger partial charge on any atom is -0.334 e. The minimum absolute atomic E-state index is 0.0451. The Bertz CT molecular complexity index is 527. The van der Waals surface area contributed by atoms with Gasteiger partial charge in [-0.25, -0.2) is 4.39 Å². The second-order valence-electron chi connectivity index (χ2n) is 5.96. The third-order valence-electron chi connectivity index (χ3n) is 4.24. The molecule has 0 radical (unpaired) electrons. The van der Waals surface area contributed by atoms with Crippen LogP contribution < -0.4 is 5.32 Å². The summed E-state index contributed by atoms with van der Waals surface area (Å²) in [6.45, 7) is 1.77. The van der Waals surface area contributed by atoms with Gasteiger partial charge in [0.05, 0.1) is 4.47 Å². The van der Waals surface area contributed by atoms with Crippen LogP contribution in [0.3, 0.4) is 0 Å². The monoisotopic (exact) mass is 354 g/mol. The summed E-state index contributed by atoms with van der Waals surface area (Å²) in [6, 6.07) is 5.35. The van der Waals surface area contributed by atoms with Gasteiger partial charge in [0.25, 0.3) is 5.91 Å². The molecule has 0 bridgehead atoms. The molecule has 5 heteroatoms. The molecule has 1 amide bonds. The van der Waals surface area contributed by atoms with Crippen LogP contribution in [0.1, 0.15) is 42.5 Å². The van der Waals surface area contributed by atoms with Crippen molar-refractivity contribution < 1.29 is 9.18 Å². The summed E-state index contributed by atoms with van der Waals surface area (Å²) in [4.78, 5) is 14.6. The van der Waals surface area contributed by atoms with Crippen molar-refractivity contribution in [1.29, 1.82) is 0 Å². The quantitative estimate of drug-likeness (QED) is 0.899. The number of carbonyl (C=O) groups is 1. The first-order chi connectivity index (χ1) is 10.1. The van der Waals surface area contributed by atoms with Crippen molar-refractivity contribution in [3.05, 3.63) is 34.1 Å². The summed E-state index contributed by atoms with van der Waals surface area (Å²) in [6.07, 6.45) is 5.68. The second-order valence-corrected chi connectivity index (χ2v) is 6.82. The highest BCUT2D eigenvalue weighted by Crippen LogP contribution is 2.29. The highest BCUT2D eigenvalue weighted by molar-refractivity contribution is 9.10. The molecule has 1 aromatic carbocycles. The lowest BCUT2D eigenvalue weighted by Crippen LogP contribution is -2.46. The van der Waals surface area contributed by atoms with Crippen molar-refractivity contribution in [3.8, 4) is 0 Å². The van der Waals surface area contributed by atoms with Gasteiger partial charge in [0, 0.05) is 24.2 Å². The van der Waals surface area contributed by atoms with E-state index in [-0.39, 0.29) is 11.7 Å². The highest BCUT2D eigenvalue weighted by atomic mass is 79.9.